The number of nitrogens with two attached hydrogens (primary N) is 1. The molecular weight excluding hydrogens is 367 g/mol. The summed E-state index contributed by atoms with van der Waals surface area (Å²) in [5, 5.41) is 3.07. The fourth-order valence-corrected chi connectivity index (χ4v) is 1.44. The van der Waals surface area contributed by atoms with Gasteiger partial charge in [-0.05, 0) is 25.8 Å². The Hall–Kier alpha value is -1.05. The van der Waals surface area contributed by atoms with Gasteiger partial charge in [0.2, 0.25) is 5.88 Å². The van der Waals surface area contributed by atoms with Crippen LogP contribution in [0, 0.1) is 0 Å². The Kier molecular flexibility index (Phi) is 10.1. The molecule has 0 bridgehead atoms. The molecule has 1 heterocycles. The molecule has 1 rings (SSSR count). The summed E-state index contributed by atoms with van der Waals surface area (Å²) >= 11 is 0. The predicted octanol–water partition coefficient (Wildman–Crippen LogP) is 2.69. The van der Waals surface area contributed by atoms with Crippen LogP contribution in [0.25, 0.3) is 0 Å². The highest BCUT2D eigenvalue weighted by Crippen LogP contribution is 2.09. The third-order valence-corrected chi connectivity index (χ3v) is 2.42. The molecule has 0 spiro atoms. The number of hydrogen-bond acceptors (Lipinski definition) is 3. The highest BCUT2D eigenvalue weighted by atomic mass is 127. The molecule has 0 aromatic carbocycles. The van der Waals surface area contributed by atoms with Gasteiger partial charge in [-0.1, -0.05) is 19.4 Å². The van der Waals surface area contributed by atoms with Crippen LogP contribution in [0.2, 0.25) is 0 Å². The van der Waals surface area contributed by atoms with Crippen molar-refractivity contribution >= 4 is 29.9 Å². The van der Waals surface area contributed by atoms with Crippen LogP contribution in [-0.4, -0.2) is 23.6 Å². The fraction of sp³-hybridized carbons (Fsp3) is 0.571. The van der Waals surface area contributed by atoms with E-state index in [1.54, 1.807) is 6.20 Å². The Balaban J connectivity index is 0.00000361. The SMILES string of the molecule is CCCCNC(N)=NCc1ccc(OC(C)C)nc1.I. The van der Waals surface area contributed by atoms with Gasteiger partial charge in [0, 0.05) is 18.8 Å². The normalized spacial score (nSPS) is 11.1. The topological polar surface area (TPSA) is 72.5 Å². The Morgan fingerprint density at radius 1 is 1.45 bits per heavy atom. The average molecular weight is 392 g/mol. The van der Waals surface area contributed by atoms with Crippen molar-refractivity contribution in [2.24, 2.45) is 10.7 Å². The van der Waals surface area contributed by atoms with Crippen molar-refractivity contribution in [3.05, 3.63) is 23.9 Å². The standard InChI is InChI=1S/C14H24N4O.HI/c1-4-5-8-16-14(15)18-10-12-6-7-13(17-9-12)19-11(2)3;/h6-7,9,11H,4-5,8,10H2,1-3H3,(H3,15,16,18);1H. The van der Waals surface area contributed by atoms with E-state index >= 15 is 0 Å². The third-order valence-electron chi connectivity index (χ3n) is 2.42. The van der Waals surface area contributed by atoms with Gasteiger partial charge >= 0.3 is 0 Å². The molecule has 20 heavy (non-hydrogen) atoms. The maximum atomic E-state index is 5.75. The summed E-state index contributed by atoms with van der Waals surface area (Å²) in [7, 11) is 0. The number of aromatic nitrogens is 1. The van der Waals surface area contributed by atoms with Gasteiger partial charge in [-0.15, -0.1) is 24.0 Å². The number of aliphatic imine (C=N–C) groups is 1. The number of nitrogens with zero attached hydrogens (tertiary/aromatic N) is 2. The molecule has 1 aromatic rings. The number of rotatable bonds is 7. The van der Waals surface area contributed by atoms with Crippen LogP contribution in [0.1, 0.15) is 39.2 Å². The van der Waals surface area contributed by atoms with E-state index in [0.717, 1.165) is 24.9 Å². The summed E-state index contributed by atoms with van der Waals surface area (Å²) in [5.74, 6) is 1.12. The van der Waals surface area contributed by atoms with Crippen LogP contribution in [0.4, 0.5) is 0 Å². The molecule has 0 aliphatic heterocycles. The predicted molar refractivity (Wildman–Crippen MR) is 93.7 cm³/mol. The van der Waals surface area contributed by atoms with Crippen LogP contribution in [0.3, 0.4) is 0 Å². The van der Waals surface area contributed by atoms with Gasteiger partial charge in [-0.3, -0.25) is 0 Å². The van der Waals surface area contributed by atoms with E-state index in [9.17, 15) is 0 Å². The lowest BCUT2D eigenvalue weighted by atomic mass is 10.3. The smallest absolute Gasteiger partial charge is 0.213 e. The first-order valence-electron chi connectivity index (χ1n) is 6.77. The first-order valence-corrected chi connectivity index (χ1v) is 6.77. The van der Waals surface area contributed by atoms with E-state index in [2.05, 4.69) is 22.2 Å². The first kappa shape index (κ1) is 18.9. The molecule has 5 nitrogen and oxygen atoms in total. The molecule has 0 fully saturated rings. The van der Waals surface area contributed by atoms with Crippen molar-refractivity contribution in [1.82, 2.24) is 10.3 Å². The molecule has 1 aromatic heterocycles. The lowest BCUT2D eigenvalue weighted by Gasteiger charge is -2.08. The van der Waals surface area contributed by atoms with Crippen molar-refractivity contribution in [1.29, 1.82) is 0 Å². The minimum absolute atomic E-state index is 0. The number of pyridine rings is 1. The zero-order valence-corrected chi connectivity index (χ0v) is 14.8. The molecule has 0 radical (unpaired) electrons. The van der Waals surface area contributed by atoms with Crippen molar-refractivity contribution in [2.75, 3.05) is 6.54 Å². The lowest BCUT2D eigenvalue weighted by Crippen LogP contribution is -2.32. The molecule has 0 atom stereocenters. The van der Waals surface area contributed by atoms with E-state index < -0.39 is 0 Å². The van der Waals surface area contributed by atoms with E-state index in [1.807, 2.05) is 26.0 Å². The summed E-state index contributed by atoms with van der Waals surface area (Å²) in [6.45, 7) is 7.48. The Bertz CT molecular complexity index is 393. The summed E-state index contributed by atoms with van der Waals surface area (Å²) < 4.78 is 5.48. The summed E-state index contributed by atoms with van der Waals surface area (Å²) in [6.07, 6.45) is 4.14. The van der Waals surface area contributed by atoms with Gasteiger partial charge in [0.25, 0.3) is 0 Å². The van der Waals surface area contributed by atoms with E-state index in [4.69, 9.17) is 10.5 Å². The molecule has 0 unspecified atom stereocenters. The largest absolute Gasteiger partial charge is 0.475 e. The van der Waals surface area contributed by atoms with E-state index in [0.29, 0.717) is 18.4 Å². The highest BCUT2D eigenvalue weighted by molar-refractivity contribution is 14.0. The molecular formula is C14H25IN4O. The zero-order valence-electron chi connectivity index (χ0n) is 12.4. The molecule has 0 saturated carbocycles. The quantitative estimate of drug-likeness (QED) is 0.324. The molecule has 0 aliphatic rings. The van der Waals surface area contributed by atoms with Crippen LogP contribution in [-0.2, 0) is 6.54 Å². The Morgan fingerprint density at radius 3 is 2.75 bits per heavy atom. The monoisotopic (exact) mass is 392 g/mol. The number of ether oxygens (including phenoxy) is 1. The number of hydrogen-bond donors (Lipinski definition) is 2. The van der Waals surface area contributed by atoms with E-state index in [1.165, 1.54) is 0 Å². The summed E-state index contributed by atoms with van der Waals surface area (Å²) in [4.78, 5) is 8.48. The second kappa shape index (κ2) is 10.7. The van der Waals surface area contributed by atoms with E-state index in [-0.39, 0.29) is 30.1 Å². The highest BCUT2D eigenvalue weighted by Gasteiger charge is 1.99. The maximum absolute atomic E-state index is 5.75. The number of unbranched alkanes of at least 4 members (excludes halogenated alkanes) is 1. The molecule has 6 heteroatoms. The number of nitrogens with one attached hydrogen (secondary N) is 1. The minimum atomic E-state index is 0. The van der Waals surface area contributed by atoms with Gasteiger partial charge in [0.05, 0.1) is 12.6 Å². The first-order chi connectivity index (χ1) is 9.11. The maximum Gasteiger partial charge on any atom is 0.213 e. The number of guanidine groups is 1. The van der Waals surface area contributed by atoms with Crippen molar-refractivity contribution in [3.8, 4) is 5.88 Å². The molecule has 0 amide bonds. The van der Waals surface area contributed by atoms with Gasteiger partial charge < -0.3 is 15.8 Å². The molecule has 3 N–H and O–H groups in total. The van der Waals surface area contributed by atoms with Crippen LogP contribution in [0.15, 0.2) is 23.3 Å². The zero-order chi connectivity index (χ0) is 14.1. The Labute approximate surface area is 138 Å². The third kappa shape index (κ3) is 8.19. The fourth-order valence-electron chi connectivity index (χ4n) is 1.44. The average Bonchev–Trinajstić information content (AvgIpc) is 2.37. The van der Waals surface area contributed by atoms with Gasteiger partial charge in [-0.2, -0.15) is 0 Å². The molecule has 0 saturated heterocycles. The van der Waals surface area contributed by atoms with Crippen molar-refractivity contribution in [2.45, 2.75) is 46.3 Å². The number of halogens is 1. The minimum Gasteiger partial charge on any atom is -0.475 e. The van der Waals surface area contributed by atoms with Gasteiger partial charge in [-0.25, -0.2) is 9.98 Å². The van der Waals surface area contributed by atoms with Gasteiger partial charge in [0.1, 0.15) is 0 Å². The molecule has 0 aliphatic carbocycles. The van der Waals surface area contributed by atoms with Crippen molar-refractivity contribution in [3.63, 3.8) is 0 Å². The van der Waals surface area contributed by atoms with Gasteiger partial charge in [0.15, 0.2) is 5.96 Å². The second-order valence-electron chi connectivity index (χ2n) is 4.65. The van der Waals surface area contributed by atoms with Crippen LogP contribution >= 0.6 is 24.0 Å². The lowest BCUT2D eigenvalue weighted by molar-refractivity contribution is 0.232. The molecule has 114 valence electrons. The van der Waals surface area contributed by atoms with Crippen molar-refractivity contribution < 1.29 is 4.74 Å². The second-order valence-corrected chi connectivity index (χ2v) is 4.65. The Morgan fingerprint density at radius 2 is 2.20 bits per heavy atom. The summed E-state index contributed by atoms with van der Waals surface area (Å²) in [6, 6.07) is 3.80. The van der Waals surface area contributed by atoms with Crippen LogP contribution in [0.5, 0.6) is 5.88 Å². The van der Waals surface area contributed by atoms with Crippen LogP contribution < -0.4 is 15.8 Å². The summed E-state index contributed by atoms with van der Waals surface area (Å²) in [5.41, 5.74) is 6.76.